The summed E-state index contributed by atoms with van der Waals surface area (Å²) in [6.45, 7) is 0.530. The van der Waals surface area contributed by atoms with E-state index in [1.165, 1.54) is 6.33 Å². The molecule has 45 heavy (non-hydrogen) atoms. The quantitative estimate of drug-likeness (QED) is 0.220. The van der Waals surface area contributed by atoms with Crippen LogP contribution >= 0.6 is 0 Å². The molecule has 0 spiro atoms. The van der Waals surface area contributed by atoms with Crippen molar-refractivity contribution in [3.63, 3.8) is 0 Å². The molecular formula is C36H34N6O3. The standard InChI is InChI=1S/C36H34N6O3/c37-22-30-29(43)21-31(45-30)41-24-42(32-33(38-23-39-34(32)41)40-35(44)25-13-5-1-6-14-25)36(26-15-7-2-8-16-26,27-17-9-3-10-18-27)28-19-11-4-12-20-28/h1-20,23,29-31,43H,21-22,24,37H2,(H,38,39,40,44)/t29?,30-,31-/m1/s1. The molecule has 9 heteroatoms. The highest BCUT2D eigenvalue weighted by atomic mass is 16.5. The van der Waals surface area contributed by atoms with Crippen LogP contribution in [0.1, 0.15) is 33.5 Å². The van der Waals surface area contributed by atoms with Gasteiger partial charge in [-0.25, -0.2) is 9.97 Å². The molecule has 2 aliphatic heterocycles. The number of anilines is 3. The summed E-state index contributed by atoms with van der Waals surface area (Å²) in [6.07, 6.45) is 0.119. The molecule has 2 aliphatic rings. The second-order valence-electron chi connectivity index (χ2n) is 11.2. The van der Waals surface area contributed by atoms with Crippen molar-refractivity contribution in [2.45, 2.75) is 30.4 Å². The monoisotopic (exact) mass is 598 g/mol. The van der Waals surface area contributed by atoms with Gasteiger partial charge in [0.1, 0.15) is 23.8 Å². The number of fused-ring (bicyclic) bond motifs is 1. The van der Waals surface area contributed by atoms with Crippen molar-refractivity contribution in [3.05, 3.63) is 150 Å². The largest absolute Gasteiger partial charge is 0.390 e. The van der Waals surface area contributed by atoms with Gasteiger partial charge in [0.05, 0.1) is 18.9 Å². The van der Waals surface area contributed by atoms with Gasteiger partial charge in [-0.3, -0.25) is 4.79 Å². The van der Waals surface area contributed by atoms with E-state index in [1.54, 1.807) is 12.1 Å². The molecule has 1 saturated heterocycles. The number of nitrogens with two attached hydrogens (primary N) is 1. The minimum atomic E-state index is -0.880. The Kier molecular flexibility index (Phi) is 7.72. The highest BCUT2D eigenvalue weighted by Gasteiger charge is 2.51. The number of amides is 1. The van der Waals surface area contributed by atoms with Gasteiger partial charge in [0.25, 0.3) is 5.91 Å². The Hall–Kier alpha value is -5.09. The molecule has 226 valence electrons. The molecular weight excluding hydrogens is 564 g/mol. The fourth-order valence-corrected chi connectivity index (χ4v) is 6.61. The maximum Gasteiger partial charge on any atom is 0.256 e. The molecule has 1 amide bonds. The van der Waals surface area contributed by atoms with Gasteiger partial charge in [-0.05, 0) is 28.8 Å². The van der Waals surface area contributed by atoms with Crippen LogP contribution in [0.2, 0.25) is 0 Å². The van der Waals surface area contributed by atoms with Crippen molar-refractivity contribution in [2.75, 3.05) is 28.3 Å². The number of ether oxygens (including phenoxy) is 1. The van der Waals surface area contributed by atoms with Crippen molar-refractivity contribution >= 4 is 23.2 Å². The van der Waals surface area contributed by atoms with Crippen LogP contribution in [0, 0.1) is 0 Å². The zero-order chi connectivity index (χ0) is 30.8. The molecule has 7 rings (SSSR count). The van der Waals surface area contributed by atoms with Crippen LogP contribution in [0.15, 0.2) is 128 Å². The Balaban J connectivity index is 1.47. The van der Waals surface area contributed by atoms with Gasteiger partial charge in [0, 0.05) is 18.5 Å². The summed E-state index contributed by atoms with van der Waals surface area (Å²) in [6, 6.07) is 40.0. The minimum absolute atomic E-state index is 0.201. The molecule has 0 aliphatic carbocycles. The SMILES string of the molecule is NC[C@H]1O[C@@H](N2CN(C(c3ccccc3)(c3ccccc3)c3ccccc3)c3c(NC(=O)c4ccccc4)ncnc32)CC1O. The minimum Gasteiger partial charge on any atom is -0.390 e. The molecule has 0 bridgehead atoms. The first-order valence-electron chi connectivity index (χ1n) is 15.1. The number of carbonyl (C=O) groups excluding carboxylic acids is 1. The predicted octanol–water partition coefficient (Wildman–Crippen LogP) is 4.74. The summed E-state index contributed by atoms with van der Waals surface area (Å²) >= 11 is 0. The number of aliphatic hydroxyl groups is 1. The number of aromatic nitrogens is 2. The molecule has 1 aromatic heterocycles. The van der Waals surface area contributed by atoms with E-state index in [1.807, 2.05) is 77.7 Å². The number of hydrogen-bond acceptors (Lipinski definition) is 8. The maximum absolute atomic E-state index is 13.6. The van der Waals surface area contributed by atoms with Crippen LogP contribution in [-0.2, 0) is 10.3 Å². The van der Waals surface area contributed by atoms with Crippen LogP contribution in [-0.4, -0.2) is 52.6 Å². The summed E-state index contributed by atoms with van der Waals surface area (Å²) < 4.78 is 6.31. The Morgan fingerprint density at radius 2 is 1.38 bits per heavy atom. The lowest BCUT2D eigenvalue weighted by Gasteiger charge is -2.45. The van der Waals surface area contributed by atoms with Crippen LogP contribution in [0.3, 0.4) is 0 Å². The van der Waals surface area contributed by atoms with E-state index in [4.69, 9.17) is 15.5 Å². The number of rotatable bonds is 8. The molecule has 1 unspecified atom stereocenters. The Morgan fingerprint density at radius 3 is 1.89 bits per heavy atom. The zero-order valence-electron chi connectivity index (χ0n) is 24.6. The van der Waals surface area contributed by atoms with Crippen LogP contribution in [0.4, 0.5) is 17.3 Å². The Labute approximate surface area is 261 Å². The summed E-state index contributed by atoms with van der Waals surface area (Å²) in [7, 11) is 0. The Morgan fingerprint density at radius 1 is 0.844 bits per heavy atom. The second-order valence-corrected chi connectivity index (χ2v) is 11.2. The van der Waals surface area contributed by atoms with Gasteiger partial charge in [0.2, 0.25) is 0 Å². The first kappa shape index (κ1) is 28.7. The van der Waals surface area contributed by atoms with Gasteiger partial charge in [0.15, 0.2) is 11.6 Å². The molecule has 9 nitrogen and oxygen atoms in total. The normalized spacial score (nSPS) is 19.4. The lowest BCUT2D eigenvalue weighted by molar-refractivity contribution is 0.0154. The average molecular weight is 599 g/mol. The van der Waals surface area contributed by atoms with Crippen LogP contribution < -0.4 is 20.9 Å². The van der Waals surface area contributed by atoms with E-state index >= 15 is 0 Å². The van der Waals surface area contributed by atoms with Crippen molar-refractivity contribution < 1.29 is 14.6 Å². The molecule has 5 aromatic rings. The first-order chi connectivity index (χ1) is 22.1. The molecule has 1 fully saturated rings. The third kappa shape index (κ3) is 5.01. The molecule has 0 saturated carbocycles. The van der Waals surface area contributed by atoms with Gasteiger partial charge >= 0.3 is 0 Å². The predicted molar refractivity (Wildman–Crippen MR) is 174 cm³/mol. The lowest BCUT2D eigenvalue weighted by Crippen LogP contribution is -2.51. The zero-order valence-corrected chi connectivity index (χ0v) is 24.6. The number of hydrogen-bond donors (Lipinski definition) is 3. The number of benzene rings is 4. The third-order valence-electron chi connectivity index (χ3n) is 8.67. The van der Waals surface area contributed by atoms with Crippen molar-refractivity contribution in [2.24, 2.45) is 5.73 Å². The van der Waals surface area contributed by atoms with Gasteiger partial charge in [-0.2, -0.15) is 0 Å². The lowest BCUT2D eigenvalue weighted by atomic mass is 9.75. The molecule has 3 heterocycles. The second kappa shape index (κ2) is 12.1. The smallest absolute Gasteiger partial charge is 0.256 e. The van der Waals surface area contributed by atoms with E-state index in [0.717, 1.165) is 16.7 Å². The molecule has 4 aromatic carbocycles. The molecule has 4 N–H and O–H groups in total. The van der Waals surface area contributed by atoms with Crippen LogP contribution in [0.25, 0.3) is 0 Å². The molecule has 3 atom stereocenters. The summed E-state index contributed by atoms with van der Waals surface area (Å²) in [4.78, 5) is 27.3. The number of carbonyl (C=O) groups is 1. The van der Waals surface area contributed by atoms with E-state index in [9.17, 15) is 9.90 Å². The van der Waals surface area contributed by atoms with Gasteiger partial charge in [-0.1, -0.05) is 109 Å². The van der Waals surface area contributed by atoms with E-state index in [2.05, 4.69) is 51.6 Å². The highest BCUT2D eigenvalue weighted by molar-refractivity contribution is 6.06. The van der Waals surface area contributed by atoms with E-state index in [-0.39, 0.29) is 12.5 Å². The number of nitrogens with one attached hydrogen (secondary N) is 1. The first-order valence-corrected chi connectivity index (χ1v) is 15.1. The average Bonchev–Trinajstić information content (AvgIpc) is 3.68. The number of aliphatic hydroxyl groups excluding tert-OH is 1. The van der Waals surface area contributed by atoms with Crippen molar-refractivity contribution in [3.8, 4) is 0 Å². The van der Waals surface area contributed by atoms with E-state index in [0.29, 0.717) is 36.0 Å². The maximum atomic E-state index is 13.6. The highest BCUT2D eigenvalue weighted by Crippen LogP contribution is 2.52. The summed E-state index contributed by atoms with van der Waals surface area (Å²) in [5, 5.41) is 13.9. The van der Waals surface area contributed by atoms with Crippen LogP contribution in [0.5, 0.6) is 0 Å². The fourth-order valence-electron chi connectivity index (χ4n) is 6.61. The third-order valence-corrected chi connectivity index (χ3v) is 8.67. The number of nitrogens with zero attached hydrogens (tertiary/aromatic N) is 4. The van der Waals surface area contributed by atoms with Crippen molar-refractivity contribution in [1.82, 2.24) is 9.97 Å². The topological polar surface area (TPSA) is 117 Å². The summed E-state index contributed by atoms with van der Waals surface area (Å²) in [5.74, 6) is 0.684. The van der Waals surface area contributed by atoms with Gasteiger partial charge in [-0.15, -0.1) is 0 Å². The molecule has 0 radical (unpaired) electrons. The fraction of sp³-hybridized carbons (Fsp3) is 0.194. The Bertz CT molecular complexity index is 1660. The summed E-state index contributed by atoms with van der Waals surface area (Å²) in [5.41, 5.74) is 9.29. The van der Waals surface area contributed by atoms with Gasteiger partial charge < -0.3 is 30.7 Å². The van der Waals surface area contributed by atoms with Crippen molar-refractivity contribution in [1.29, 1.82) is 0 Å². The van der Waals surface area contributed by atoms with E-state index < -0.39 is 24.0 Å².